The van der Waals surface area contributed by atoms with Crippen LogP contribution in [0.3, 0.4) is 0 Å². The van der Waals surface area contributed by atoms with Gasteiger partial charge < -0.3 is 24.4 Å². The van der Waals surface area contributed by atoms with Crippen molar-refractivity contribution in [2.75, 3.05) is 26.2 Å². The molecule has 1 aliphatic rings. The maximum atomic E-state index is 13.2. The summed E-state index contributed by atoms with van der Waals surface area (Å²) in [7, 11) is 4.48. The van der Waals surface area contributed by atoms with Crippen LogP contribution < -0.4 is 19.1 Å². The van der Waals surface area contributed by atoms with Crippen LogP contribution in [0.15, 0.2) is 72.3 Å². The van der Waals surface area contributed by atoms with Gasteiger partial charge in [-0.25, -0.2) is 0 Å². The Kier molecular flexibility index (Phi) is 6.14. The highest BCUT2D eigenvalue weighted by Gasteiger charge is 2.47. The van der Waals surface area contributed by atoms with Gasteiger partial charge in [-0.15, -0.1) is 0 Å². The number of benzene rings is 3. The fourth-order valence-corrected chi connectivity index (χ4v) is 3.95. The van der Waals surface area contributed by atoms with Crippen LogP contribution in [0.5, 0.6) is 23.0 Å². The molecule has 0 saturated carbocycles. The molecule has 1 aliphatic heterocycles. The van der Waals surface area contributed by atoms with Crippen molar-refractivity contribution in [2.45, 2.75) is 6.04 Å². The summed E-state index contributed by atoms with van der Waals surface area (Å²) in [6, 6.07) is 16.6. The lowest BCUT2D eigenvalue weighted by Gasteiger charge is -2.25. The van der Waals surface area contributed by atoms with Crippen molar-refractivity contribution in [1.82, 2.24) is 0 Å². The van der Waals surface area contributed by atoms with Crippen molar-refractivity contribution < 1.29 is 34.0 Å². The number of anilines is 1. The molecule has 34 heavy (non-hydrogen) atoms. The van der Waals surface area contributed by atoms with Gasteiger partial charge in [-0.3, -0.25) is 14.5 Å². The van der Waals surface area contributed by atoms with Gasteiger partial charge in [0.15, 0.2) is 11.5 Å². The van der Waals surface area contributed by atoms with Crippen molar-refractivity contribution in [2.24, 2.45) is 0 Å². The van der Waals surface area contributed by atoms with E-state index in [0.29, 0.717) is 28.5 Å². The van der Waals surface area contributed by atoms with E-state index in [2.05, 4.69) is 0 Å². The van der Waals surface area contributed by atoms with E-state index in [-0.39, 0.29) is 22.6 Å². The Balaban J connectivity index is 1.91. The van der Waals surface area contributed by atoms with E-state index in [1.165, 1.54) is 44.4 Å². The second-order valence-electron chi connectivity index (χ2n) is 7.53. The molecule has 0 radical (unpaired) electrons. The molecule has 4 rings (SSSR count). The van der Waals surface area contributed by atoms with Gasteiger partial charge in [0.2, 0.25) is 0 Å². The van der Waals surface area contributed by atoms with Crippen LogP contribution in [-0.2, 0) is 9.59 Å². The van der Waals surface area contributed by atoms with Crippen LogP contribution in [0.25, 0.3) is 5.76 Å². The van der Waals surface area contributed by atoms with Gasteiger partial charge in [-0.1, -0.05) is 12.1 Å². The van der Waals surface area contributed by atoms with E-state index >= 15 is 0 Å². The molecule has 8 heteroatoms. The van der Waals surface area contributed by atoms with Crippen LogP contribution in [-0.4, -0.2) is 43.2 Å². The van der Waals surface area contributed by atoms with Crippen LogP contribution in [0.4, 0.5) is 5.69 Å². The largest absolute Gasteiger partial charge is 0.508 e. The predicted molar refractivity (Wildman–Crippen MR) is 125 cm³/mol. The summed E-state index contributed by atoms with van der Waals surface area (Å²) in [5.74, 6) is -0.540. The van der Waals surface area contributed by atoms with Gasteiger partial charge in [-0.05, 0) is 60.2 Å². The number of phenols is 1. The molecule has 0 aliphatic carbocycles. The maximum Gasteiger partial charge on any atom is 0.300 e. The Morgan fingerprint density at radius 1 is 0.824 bits per heavy atom. The molecule has 3 aromatic carbocycles. The quantitative estimate of drug-likeness (QED) is 0.324. The number of ketones is 1. The Labute approximate surface area is 196 Å². The number of carbonyl (C=O) groups excluding carboxylic acids is 2. The van der Waals surface area contributed by atoms with Crippen LogP contribution in [0.1, 0.15) is 17.2 Å². The van der Waals surface area contributed by atoms with Crippen molar-refractivity contribution in [3.05, 3.63) is 83.4 Å². The highest BCUT2D eigenvalue weighted by atomic mass is 16.5. The number of Topliss-reactive ketones (excluding diaryl/α,β-unsaturated/α-hetero) is 1. The van der Waals surface area contributed by atoms with E-state index in [9.17, 15) is 19.8 Å². The third kappa shape index (κ3) is 3.90. The van der Waals surface area contributed by atoms with Gasteiger partial charge >= 0.3 is 0 Å². The molecule has 2 N–H and O–H groups in total. The molecule has 1 amide bonds. The Hall–Kier alpha value is -4.46. The molecule has 8 nitrogen and oxygen atoms in total. The number of phenolic OH excluding ortho intramolecular Hbond substituents is 1. The molecular formula is C26H23NO7. The number of methoxy groups -OCH3 is 3. The lowest BCUT2D eigenvalue weighted by atomic mass is 9.95. The van der Waals surface area contributed by atoms with Gasteiger partial charge in [0, 0.05) is 11.3 Å². The summed E-state index contributed by atoms with van der Waals surface area (Å²) in [4.78, 5) is 27.7. The smallest absolute Gasteiger partial charge is 0.300 e. The number of carbonyl (C=O) groups is 2. The second kappa shape index (κ2) is 9.19. The fourth-order valence-electron chi connectivity index (χ4n) is 3.95. The second-order valence-corrected chi connectivity index (χ2v) is 7.53. The summed E-state index contributed by atoms with van der Waals surface area (Å²) in [6.45, 7) is 0. The molecule has 1 unspecified atom stereocenters. The average molecular weight is 461 g/mol. The predicted octanol–water partition coefficient (Wildman–Crippen LogP) is 4.04. The number of rotatable bonds is 6. The maximum absolute atomic E-state index is 13.2. The highest BCUT2D eigenvalue weighted by molar-refractivity contribution is 6.51. The lowest BCUT2D eigenvalue weighted by molar-refractivity contribution is -0.132. The SMILES string of the molecule is COc1ccc(N2C(=O)C(=O)/C(=C(\O)c3ccc(OC)c(OC)c3)C2c2ccc(O)cc2)cc1. The minimum Gasteiger partial charge on any atom is -0.508 e. The number of amides is 1. The molecule has 1 atom stereocenters. The molecule has 174 valence electrons. The van der Waals surface area contributed by atoms with Crippen LogP contribution >= 0.6 is 0 Å². The zero-order valence-electron chi connectivity index (χ0n) is 18.8. The van der Waals surface area contributed by atoms with Crippen molar-refractivity contribution >= 4 is 23.1 Å². The molecular weight excluding hydrogens is 438 g/mol. The molecule has 1 heterocycles. The number of aliphatic hydroxyl groups excluding tert-OH is 1. The minimum atomic E-state index is -0.929. The lowest BCUT2D eigenvalue weighted by Crippen LogP contribution is -2.29. The zero-order chi connectivity index (χ0) is 24.4. The monoisotopic (exact) mass is 461 g/mol. The summed E-state index contributed by atoms with van der Waals surface area (Å²) in [5.41, 5.74) is 1.19. The minimum absolute atomic E-state index is 0.0324. The van der Waals surface area contributed by atoms with E-state index in [4.69, 9.17) is 14.2 Å². The first kappa shape index (κ1) is 22.7. The Morgan fingerprint density at radius 2 is 1.47 bits per heavy atom. The Bertz CT molecular complexity index is 1260. The molecule has 0 aromatic heterocycles. The van der Waals surface area contributed by atoms with Crippen LogP contribution in [0.2, 0.25) is 0 Å². The molecule has 3 aromatic rings. The number of aliphatic hydroxyl groups is 1. The molecule has 1 fully saturated rings. The summed E-state index contributed by atoms with van der Waals surface area (Å²) in [6.07, 6.45) is 0. The van der Waals surface area contributed by atoms with E-state index in [0.717, 1.165) is 0 Å². The fraction of sp³-hybridized carbons (Fsp3) is 0.154. The Morgan fingerprint density at radius 3 is 2.06 bits per heavy atom. The van der Waals surface area contributed by atoms with Crippen LogP contribution in [0, 0.1) is 0 Å². The van der Waals surface area contributed by atoms with E-state index in [1.807, 2.05) is 0 Å². The zero-order valence-corrected chi connectivity index (χ0v) is 18.8. The van der Waals surface area contributed by atoms with Gasteiger partial charge in [0.05, 0.1) is 32.9 Å². The van der Waals surface area contributed by atoms with E-state index < -0.39 is 17.7 Å². The van der Waals surface area contributed by atoms with Crippen molar-refractivity contribution in [3.63, 3.8) is 0 Å². The number of aromatic hydroxyl groups is 1. The average Bonchev–Trinajstić information content (AvgIpc) is 3.13. The summed E-state index contributed by atoms with van der Waals surface area (Å²) < 4.78 is 15.8. The third-order valence-corrected chi connectivity index (χ3v) is 5.66. The highest BCUT2D eigenvalue weighted by Crippen LogP contribution is 2.43. The third-order valence-electron chi connectivity index (χ3n) is 5.66. The topological polar surface area (TPSA) is 106 Å². The summed E-state index contributed by atoms with van der Waals surface area (Å²) >= 11 is 0. The molecule has 0 bridgehead atoms. The molecule has 1 saturated heterocycles. The first-order chi connectivity index (χ1) is 16.4. The number of nitrogens with zero attached hydrogens (tertiary/aromatic N) is 1. The first-order valence-electron chi connectivity index (χ1n) is 10.4. The summed E-state index contributed by atoms with van der Waals surface area (Å²) in [5, 5.41) is 21.0. The normalized spacial score (nSPS) is 17.0. The van der Waals surface area contributed by atoms with Crippen molar-refractivity contribution in [1.29, 1.82) is 0 Å². The van der Waals surface area contributed by atoms with Crippen molar-refractivity contribution in [3.8, 4) is 23.0 Å². The number of hydrogen-bond acceptors (Lipinski definition) is 7. The molecule has 0 spiro atoms. The van der Waals surface area contributed by atoms with Gasteiger partial charge in [-0.2, -0.15) is 0 Å². The van der Waals surface area contributed by atoms with Gasteiger partial charge in [0.25, 0.3) is 11.7 Å². The number of ether oxygens (including phenoxy) is 3. The number of hydrogen-bond donors (Lipinski definition) is 2. The van der Waals surface area contributed by atoms with E-state index in [1.54, 1.807) is 48.5 Å². The standard InChI is InChI=1S/C26H23NO7/c1-32-19-11-7-17(8-12-19)27-23(15-4-9-18(28)10-5-15)22(25(30)26(27)31)24(29)16-6-13-20(33-2)21(14-16)34-3/h4-14,23,28-29H,1-3H3/b24-22-. The first-order valence-corrected chi connectivity index (χ1v) is 10.4. The van der Waals surface area contributed by atoms with Gasteiger partial charge in [0.1, 0.15) is 17.3 Å².